The Morgan fingerprint density at radius 1 is 1.33 bits per heavy atom. The van der Waals surface area contributed by atoms with Crippen molar-refractivity contribution in [1.82, 2.24) is 4.98 Å². The van der Waals surface area contributed by atoms with Crippen LogP contribution >= 0.6 is 33.9 Å². The molecule has 1 aromatic carbocycles. The first-order valence-electron chi connectivity index (χ1n) is 5.94. The van der Waals surface area contributed by atoms with Gasteiger partial charge in [-0.2, -0.15) is 0 Å². The van der Waals surface area contributed by atoms with Gasteiger partial charge in [0.15, 0.2) is 11.7 Å². The summed E-state index contributed by atoms with van der Waals surface area (Å²) in [5.41, 5.74) is 5.62. The monoisotopic (exact) mass is 417 g/mol. The number of ether oxygens (including phenoxy) is 1. The first-order chi connectivity index (χ1) is 10.0. The molecule has 0 saturated heterocycles. The molecule has 0 unspecified atom stereocenters. The average Bonchev–Trinajstić information content (AvgIpc) is 2.84. The molecule has 2 rings (SSSR count). The number of thiazole rings is 1. The van der Waals surface area contributed by atoms with Crippen LogP contribution in [0.4, 0.5) is 5.13 Å². The summed E-state index contributed by atoms with van der Waals surface area (Å²) in [7, 11) is 0. The van der Waals surface area contributed by atoms with Crippen LogP contribution in [0, 0.1) is 3.57 Å². The molecule has 110 valence electrons. The molecular formula is C13H12IN3O3S. The Balaban J connectivity index is 1.82. The maximum Gasteiger partial charge on any atom is 0.264 e. The van der Waals surface area contributed by atoms with Gasteiger partial charge in [0.1, 0.15) is 5.75 Å². The first-order valence-corrected chi connectivity index (χ1v) is 7.89. The third-order valence-corrected chi connectivity index (χ3v) is 3.86. The van der Waals surface area contributed by atoms with Gasteiger partial charge in [0.05, 0.1) is 12.1 Å². The summed E-state index contributed by atoms with van der Waals surface area (Å²) in [5.74, 6) is -0.145. The van der Waals surface area contributed by atoms with Crippen molar-refractivity contribution in [3.63, 3.8) is 0 Å². The summed E-state index contributed by atoms with van der Waals surface area (Å²) in [6.45, 7) is -0.106. The topological polar surface area (TPSA) is 94.3 Å². The van der Waals surface area contributed by atoms with Gasteiger partial charge in [-0.1, -0.05) is 0 Å². The molecule has 2 aromatic rings. The van der Waals surface area contributed by atoms with Crippen molar-refractivity contribution < 1.29 is 14.3 Å². The van der Waals surface area contributed by atoms with Crippen molar-refractivity contribution in [3.8, 4) is 5.75 Å². The molecule has 2 amide bonds. The molecule has 0 saturated carbocycles. The minimum atomic E-state index is -0.458. The smallest absolute Gasteiger partial charge is 0.264 e. The molecule has 0 aliphatic carbocycles. The highest BCUT2D eigenvalue weighted by atomic mass is 127. The van der Waals surface area contributed by atoms with E-state index >= 15 is 0 Å². The van der Waals surface area contributed by atoms with Crippen LogP contribution in [0.15, 0.2) is 29.6 Å². The van der Waals surface area contributed by atoms with E-state index in [-0.39, 0.29) is 18.9 Å². The van der Waals surface area contributed by atoms with Crippen LogP contribution in [-0.4, -0.2) is 23.4 Å². The van der Waals surface area contributed by atoms with Crippen LogP contribution < -0.4 is 15.8 Å². The number of benzene rings is 1. The van der Waals surface area contributed by atoms with Gasteiger partial charge in [-0.15, -0.1) is 11.3 Å². The second-order valence-corrected chi connectivity index (χ2v) is 6.18. The van der Waals surface area contributed by atoms with Gasteiger partial charge in [-0.25, -0.2) is 4.98 Å². The van der Waals surface area contributed by atoms with E-state index in [0.717, 1.165) is 3.57 Å². The molecule has 0 radical (unpaired) electrons. The molecule has 0 aliphatic heterocycles. The van der Waals surface area contributed by atoms with Crippen molar-refractivity contribution in [2.45, 2.75) is 6.42 Å². The zero-order valence-electron chi connectivity index (χ0n) is 10.8. The maximum atomic E-state index is 11.7. The number of amides is 2. The molecule has 6 nitrogen and oxygen atoms in total. The zero-order valence-corrected chi connectivity index (χ0v) is 13.8. The third kappa shape index (κ3) is 5.31. The number of carbonyl (C=O) groups excluding carboxylic acids is 2. The third-order valence-electron chi connectivity index (χ3n) is 2.34. The molecule has 0 fully saturated rings. The fraction of sp³-hybridized carbons (Fsp3) is 0.154. The number of primary amides is 1. The van der Waals surface area contributed by atoms with Crippen LogP contribution in [0.1, 0.15) is 5.69 Å². The molecule has 3 N–H and O–H groups in total. The Hall–Kier alpha value is -1.68. The van der Waals surface area contributed by atoms with Gasteiger partial charge in [-0.3, -0.25) is 14.9 Å². The number of aromatic nitrogens is 1. The van der Waals surface area contributed by atoms with Crippen molar-refractivity contribution in [1.29, 1.82) is 0 Å². The highest BCUT2D eigenvalue weighted by molar-refractivity contribution is 14.1. The first kappa shape index (κ1) is 15.7. The van der Waals surface area contributed by atoms with Gasteiger partial charge < -0.3 is 10.5 Å². The number of hydrogen-bond donors (Lipinski definition) is 2. The average molecular weight is 417 g/mol. The van der Waals surface area contributed by atoms with Gasteiger partial charge in [-0.05, 0) is 46.9 Å². The highest BCUT2D eigenvalue weighted by Gasteiger charge is 2.09. The maximum absolute atomic E-state index is 11.7. The van der Waals surface area contributed by atoms with Gasteiger partial charge in [0.25, 0.3) is 5.91 Å². The van der Waals surface area contributed by atoms with Crippen LogP contribution in [0.5, 0.6) is 5.75 Å². The fourth-order valence-electron chi connectivity index (χ4n) is 1.46. The van der Waals surface area contributed by atoms with Gasteiger partial charge in [0, 0.05) is 8.95 Å². The van der Waals surface area contributed by atoms with E-state index in [4.69, 9.17) is 10.5 Å². The van der Waals surface area contributed by atoms with Gasteiger partial charge >= 0.3 is 0 Å². The SMILES string of the molecule is NC(=O)Cc1csc(NC(=O)COc2ccc(I)cc2)n1. The van der Waals surface area contributed by atoms with Crippen LogP contribution in [-0.2, 0) is 16.0 Å². The largest absolute Gasteiger partial charge is 0.484 e. The number of rotatable bonds is 6. The summed E-state index contributed by atoms with van der Waals surface area (Å²) in [6.07, 6.45) is 0.0610. The number of halogens is 1. The summed E-state index contributed by atoms with van der Waals surface area (Å²) in [5, 5.41) is 4.71. The van der Waals surface area contributed by atoms with Crippen LogP contribution in [0.3, 0.4) is 0 Å². The predicted octanol–water partition coefficient (Wildman–Crippen LogP) is 1.79. The number of hydrogen-bond acceptors (Lipinski definition) is 5. The van der Waals surface area contributed by atoms with Crippen molar-refractivity contribution in [2.24, 2.45) is 5.73 Å². The second-order valence-electron chi connectivity index (χ2n) is 4.08. The standard InChI is InChI=1S/C13H12IN3O3S/c14-8-1-3-10(4-2-8)20-6-12(19)17-13-16-9(7-21-13)5-11(15)18/h1-4,7H,5-6H2,(H2,15,18)(H,16,17,19). The lowest BCUT2D eigenvalue weighted by atomic mass is 10.3. The summed E-state index contributed by atoms with van der Waals surface area (Å²) >= 11 is 3.43. The Labute approximate surface area is 138 Å². The second kappa shape index (κ2) is 7.36. The Bertz CT molecular complexity index is 642. The molecule has 1 heterocycles. The molecule has 21 heavy (non-hydrogen) atoms. The molecule has 0 aliphatic rings. The lowest BCUT2D eigenvalue weighted by Crippen LogP contribution is -2.20. The van der Waals surface area contributed by atoms with E-state index in [9.17, 15) is 9.59 Å². The van der Waals surface area contributed by atoms with E-state index in [1.54, 1.807) is 17.5 Å². The summed E-state index contributed by atoms with van der Waals surface area (Å²) < 4.78 is 6.45. The summed E-state index contributed by atoms with van der Waals surface area (Å²) in [6, 6.07) is 7.38. The van der Waals surface area contributed by atoms with Crippen LogP contribution in [0.2, 0.25) is 0 Å². The molecular weight excluding hydrogens is 405 g/mol. The molecule has 0 atom stereocenters. The number of anilines is 1. The predicted molar refractivity (Wildman–Crippen MR) is 88.3 cm³/mol. The zero-order chi connectivity index (χ0) is 15.2. The lowest BCUT2D eigenvalue weighted by molar-refractivity contribution is -0.118. The van der Waals surface area contributed by atoms with E-state index in [1.165, 1.54) is 11.3 Å². The van der Waals surface area contributed by atoms with Crippen molar-refractivity contribution in [3.05, 3.63) is 38.9 Å². The van der Waals surface area contributed by atoms with E-state index in [1.807, 2.05) is 12.1 Å². The minimum absolute atomic E-state index is 0.0610. The highest BCUT2D eigenvalue weighted by Crippen LogP contribution is 2.16. The quantitative estimate of drug-likeness (QED) is 0.701. The van der Waals surface area contributed by atoms with Gasteiger partial charge in [0.2, 0.25) is 5.91 Å². The van der Waals surface area contributed by atoms with Crippen molar-refractivity contribution >= 4 is 50.9 Å². The Kier molecular flexibility index (Phi) is 5.51. The number of nitrogens with one attached hydrogen (secondary N) is 1. The molecule has 0 bridgehead atoms. The number of carbonyl (C=O) groups is 2. The molecule has 0 spiro atoms. The minimum Gasteiger partial charge on any atom is -0.484 e. The number of nitrogens with two attached hydrogens (primary N) is 1. The van der Waals surface area contributed by atoms with Crippen molar-refractivity contribution in [2.75, 3.05) is 11.9 Å². The Morgan fingerprint density at radius 3 is 2.71 bits per heavy atom. The lowest BCUT2D eigenvalue weighted by Gasteiger charge is -2.05. The Morgan fingerprint density at radius 2 is 2.05 bits per heavy atom. The molecule has 8 heteroatoms. The number of nitrogens with zero attached hydrogens (tertiary/aromatic N) is 1. The van der Waals surface area contributed by atoms with E-state index in [2.05, 4.69) is 32.9 Å². The summed E-state index contributed by atoms with van der Waals surface area (Å²) in [4.78, 5) is 26.6. The van der Waals surface area contributed by atoms with E-state index < -0.39 is 5.91 Å². The fourth-order valence-corrected chi connectivity index (χ4v) is 2.55. The normalized spacial score (nSPS) is 10.1. The van der Waals surface area contributed by atoms with Crippen LogP contribution in [0.25, 0.3) is 0 Å². The molecule has 1 aromatic heterocycles. The van der Waals surface area contributed by atoms with E-state index in [0.29, 0.717) is 16.6 Å².